The summed E-state index contributed by atoms with van der Waals surface area (Å²) in [7, 11) is -5.02. The summed E-state index contributed by atoms with van der Waals surface area (Å²) in [5.74, 6) is 0.279. The monoisotopic (exact) mass is 621 g/mol. The first kappa shape index (κ1) is 30.6. The number of ether oxygens (including phenoxy) is 2. The SMILES string of the molecule is COc1cc(NS(=O)(=O)c2ccc(Cl)cc2)c(C(=O)Nc2ccc(S(=O)(=O)N3CC(C)CC(C)C3)cc2)cc1OC. The van der Waals surface area contributed by atoms with E-state index in [-0.39, 0.29) is 44.4 Å². The van der Waals surface area contributed by atoms with Crippen molar-refractivity contribution in [3.8, 4) is 11.5 Å². The second-order valence-electron chi connectivity index (χ2n) is 10.1. The van der Waals surface area contributed by atoms with Gasteiger partial charge in [-0.15, -0.1) is 0 Å². The summed E-state index contributed by atoms with van der Waals surface area (Å²) in [6.45, 7) is 4.99. The van der Waals surface area contributed by atoms with E-state index in [1.807, 2.05) is 13.8 Å². The van der Waals surface area contributed by atoms with E-state index in [1.54, 1.807) is 0 Å². The van der Waals surface area contributed by atoms with Gasteiger partial charge < -0.3 is 14.8 Å². The van der Waals surface area contributed by atoms with Gasteiger partial charge in [0.05, 0.1) is 35.3 Å². The summed E-state index contributed by atoms with van der Waals surface area (Å²) in [6.07, 6.45) is 0.977. The van der Waals surface area contributed by atoms with Crippen LogP contribution in [0, 0.1) is 11.8 Å². The molecule has 2 atom stereocenters. The van der Waals surface area contributed by atoms with Gasteiger partial charge in [-0.3, -0.25) is 9.52 Å². The lowest BCUT2D eigenvalue weighted by Crippen LogP contribution is -2.42. The lowest BCUT2D eigenvalue weighted by Gasteiger charge is -2.34. The van der Waals surface area contributed by atoms with E-state index in [4.69, 9.17) is 21.1 Å². The molecule has 3 aromatic rings. The van der Waals surface area contributed by atoms with Crippen LogP contribution in [0.3, 0.4) is 0 Å². The molecule has 41 heavy (non-hydrogen) atoms. The largest absolute Gasteiger partial charge is 0.493 e. The first-order chi connectivity index (χ1) is 19.3. The van der Waals surface area contributed by atoms with Gasteiger partial charge in [-0.05, 0) is 72.9 Å². The number of halogens is 1. The number of rotatable bonds is 9. The van der Waals surface area contributed by atoms with E-state index in [9.17, 15) is 21.6 Å². The fraction of sp³-hybridized carbons (Fsp3) is 0.321. The molecule has 0 aromatic heterocycles. The van der Waals surface area contributed by atoms with Crippen molar-refractivity contribution in [2.24, 2.45) is 11.8 Å². The number of hydrogen-bond acceptors (Lipinski definition) is 7. The molecule has 2 N–H and O–H groups in total. The Labute approximate surface area is 245 Å². The molecule has 0 saturated carbocycles. The van der Waals surface area contributed by atoms with Crippen molar-refractivity contribution >= 4 is 48.9 Å². The molecule has 0 radical (unpaired) electrons. The van der Waals surface area contributed by atoms with Gasteiger partial charge in [-0.2, -0.15) is 4.31 Å². The van der Waals surface area contributed by atoms with E-state index in [1.165, 1.54) is 79.2 Å². The van der Waals surface area contributed by atoms with Crippen molar-refractivity contribution in [1.29, 1.82) is 0 Å². The average Bonchev–Trinajstić information content (AvgIpc) is 2.92. The summed E-state index contributed by atoms with van der Waals surface area (Å²) in [6, 6.07) is 14.1. The van der Waals surface area contributed by atoms with Crippen molar-refractivity contribution in [2.75, 3.05) is 37.3 Å². The highest BCUT2D eigenvalue weighted by molar-refractivity contribution is 7.92. The maximum atomic E-state index is 13.4. The Morgan fingerprint density at radius 1 is 0.854 bits per heavy atom. The van der Waals surface area contributed by atoms with Crippen LogP contribution >= 0.6 is 11.6 Å². The fourth-order valence-corrected chi connectivity index (χ4v) is 7.70. The molecule has 0 bridgehead atoms. The van der Waals surface area contributed by atoms with Crippen LogP contribution in [0.2, 0.25) is 5.02 Å². The van der Waals surface area contributed by atoms with Crippen molar-refractivity contribution in [1.82, 2.24) is 4.31 Å². The molecule has 0 spiro atoms. The van der Waals surface area contributed by atoms with E-state index in [0.29, 0.717) is 23.8 Å². The molecule has 10 nitrogen and oxygen atoms in total. The molecule has 1 amide bonds. The Balaban J connectivity index is 1.61. The van der Waals surface area contributed by atoms with Crippen molar-refractivity contribution in [2.45, 2.75) is 30.1 Å². The number of carbonyl (C=O) groups excluding carboxylic acids is 1. The number of benzene rings is 3. The summed E-state index contributed by atoms with van der Waals surface area (Å²) in [5.41, 5.74) is 0.214. The lowest BCUT2D eigenvalue weighted by atomic mass is 9.94. The van der Waals surface area contributed by atoms with Gasteiger partial charge >= 0.3 is 0 Å². The molecule has 3 aromatic carbocycles. The molecule has 13 heteroatoms. The second-order valence-corrected chi connectivity index (χ2v) is 14.1. The van der Waals surface area contributed by atoms with E-state index in [2.05, 4.69) is 10.0 Å². The topological polar surface area (TPSA) is 131 Å². The van der Waals surface area contributed by atoms with Gasteiger partial charge in [-0.1, -0.05) is 25.4 Å². The summed E-state index contributed by atoms with van der Waals surface area (Å²) < 4.78 is 67.2. The highest BCUT2D eigenvalue weighted by atomic mass is 35.5. The first-order valence-corrected chi connectivity index (χ1v) is 16.1. The minimum absolute atomic E-state index is 0.0480. The van der Waals surface area contributed by atoms with E-state index in [0.717, 1.165) is 6.42 Å². The van der Waals surface area contributed by atoms with Crippen LogP contribution in [-0.2, 0) is 20.0 Å². The molecule has 1 fully saturated rings. The van der Waals surface area contributed by atoms with Gasteiger partial charge in [0.25, 0.3) is 15.9 Å². The lowest BCUT2D eigenvalue weighted by molar-refractivity contribution is 0.102. The molecule has 1 heterocycles. The highest BCUT2D eigenvalue weighted by Crippen LogP contribution is 2.35. The minimum atomic E-state index is -4.10. The maximum absolute atomic E-state index is 13.4. The predicted molar refractivity (Wildman–Crippen MR) is 158 cm³/mol. The Bertz CT molecular complexity index is 1620. The summed E-state index contributed by atoms with van der Waals surface area (Å²) in [4.78, 5) is 13.5. The predicted octanol–water partition coefficient (Wildman–Crippen LogP) is 5.08. The second kappa shape index (κ2) is 12.3. The maximum Gasteiger partial charge on any atom is 0.261 e. The van der Waals surface area contributed by atoms with Crippen molar-refractivity contribution in [3.05, 3.63) is 71.2 Å². The van der Waals surface area contributed by atoms with Crippen LogP contribution in [0.4, 0.5) is 11.4 Å². The minimum Gasteiger partial charge on any atom is -0.493 e. The zero-order valence-electron chi connectivity index (χ0n) is 23.0. The smallest absolute Gasteiger partial charge is 0.261 e. The molecule has 4 rings (SSSR count). The fourth-order valence-electron chi connectivity index (χ4n) is 4.83. The Morgan fingerprint density at radius 3 is 1.95 bits per heavy atom. The van der Waals surface area contributed by atoms with Crippen LogP contribution < -0.4 is 19.5 Å². The Morgan fingerprint density at radius 2 is 1.39 bits per heavy atom. The average molecular weight is 622 g/mol. The van der Waals surface area contributed by atoms with Crippen LogP contribution in [-0.4, -0.2) is 54.4 Å². The van der Waals surface area contributed by atoms with E-state index >= 15 is 0 Å². The van der Waals surface area contributed by atoms with Crippen LogP contribution in [0.1, 0.15) is 30.6 Å². The summed E-state index contributed by atoms with van der Waals surface area (Å²) in [5, 5.41) is 3.07. The standard InChI is InChI=1S/C28H32ClN3O7S2/c1-18-13-19(2)17-32(16-18)41(36,37)23-11-7-21(8-12-23)30-28(33)24-14-26(38-3)27(39-4)15-25(24)31-40(34,35)22-9-5-20(29)6-10-22/h5-12,14-15,18-19,31H,13,16-17H2,1-4H3,(H,30,33). The normalized spacial score (nSPS) is 18.0. The number of amides is 1. The van der Waals surface area contributed by atoms with Gasteiger partial charge in [-0.25, -0.2) is 16.8 Å². The third-order valence-electron chi connectivity index (χ3n) is 6.72. The zero-order chi connectivity index (χ0) is 29.9. The number of hydrogen-bond donors (Lipinski definition) is 2. The van der Waals surface area contributed by atoms with Crippen LogP contribution in [0.25, 0.3) is 0 Å². The molecule has 0 aliphatic carbocycles. The molecule has 2 unspecified atom stereocenters. The molecule has 1 saturated heterocycles. The Kier molecular flexibility index (Phi) is 9.17. The summed E-state index contributed by atoms with van der Waals surface area (Å²) >= 11 is 5.89. The number of methoxy groups -OCH3 is 2. The number of anilines is 2. The van der Waals surface area contributed by atoms with Gasteiger partial charge in [0.2, 0.25) is 10.0 Å². The van der Waals surface area contributed by atoms with Gasteiger partial charge in [0.15, 0.2) is 11.5 Å². The van der Waals surface area contributed by atoms with Crippen LogP contribution in [0.15, 0.2) is 70.5 Å². The molecule has 1 aliphatic heterocycles. The number of carbonyl (C=O) groups is 1. The number of sulfonamides is 2. The Hall–Kier alpha value is -3.32. The number of nitrogens with zero attached hydrogens (tertiary/aromatic N) is 1. The van der Waals surface area contributed by atoms with Crippen LogP contribution in [0.5, 0.6) is 11.5 Å². The third-order valence-corrected chi connectivity index (χ3v) is 10.2. The quantitative estimate of drug-likeness (QED) is 0.341. The van der Waals surface area contributed by atoms with E-state index < -0.39 is 26.0 Å². The molecular weight excluding hydrogens is 590 g/mol. The van der Waals surface area contributed by atoms with Gasteiger partial charge in [0, 0.05) is 29.9 Å². The van der Waals surface area contributed by atoms with Crippen molar-refractivity contribution < 1.29 is 31.1 Å². The van der Waals surface area contributed by atoms with Crippen molar-refractivity contribution in [3.63, 3.8) is 0 Å². The molecular formula is C28H32ClN3O7S2. The number of nitrogens with one attached hydrogen (secondary N) is 2. The zero-order valence-corrected chi connectivity index (χ0v) is 25.4. The third kappa shape index (κ3) is 6.95. The first-order valence-electron chi connectivity index (χ1n) is 12.8. The van der Waals surface area contributed by atoms with Gasteiger partial charge in [0.1, 0.15) is 0 Å². The molecule has 1 aliphatic rings. The highest BCUT2D eigenvalue weighted by Gasteiger charge is 2.31. The molecule has 220 valence electrons. The number of piperidine rings is 1.